The molecule has 1 aliphatic heterocycles. The zero-order valence-corrected chi connectivity index (χ0v) is 15.5. The second-order valence-corrected chi connectivity index (χ2v) is 8.45. The Morgan fingerprint density at radius 1 is 1.08 bits per heavy atom. The van der Waals surface area contributed by atoms with Crippen molar-refractivity contribution in [1.29, 1.82) is 0 Å². The highest BCUT2D eigenvalue weighted by Gasteiger charge is 2.42. The summed E-state index contributed by atoms with van der Waals surface area (Å²) in [6.45, 7) is 8.95. The fraction of sp³-hybridized carbons (Fsp3) is 0.556. The summed E-state index contributed by atoms with van der Waals surface area (Å²) < 4.78 is 0. The molecule has 0 radical (unpaired) electrons. The summed E-state index contributed by atoms with van der Waals surface area (Å²) in [7, 11) is 0. The maximum absolute atomic E-state index is 12.2. The number of amides is 2. The van der Waals surface area contributed by atoms with E-state index in [-0.39, 0.29) is 17.1 Å². The number of halogens is 1. The Morgan fingerprint density at radius 3 is 2.17 bits per heavy atom. The van der Waals surface area contributed by atoms with Crippen molar-refractivity contribution in [2.24, 2.45) is 0 Å². The van der Waals surface area contributed by atoms with E-state index in [9.17, 15) is 9.59 Å². The van der Waals surface area contributed by atoms with Gasteiger partial charge < -0.3 is 16.0 Å². The third kappa shape index (κ3) is 5.49. The van der Waals surface area contributed by atoms with E-state index >= 15 is 0 Å². The van der Waals surface area contributed by atoms with Gasteiger partial charge in [0.2, 0.25) is 0 Å². The Labute approximate surface area is 148 Å². The number of piperidine rings is 1. The minimum atomic E-state index is -0.602. The molecule has 1 fully saturated rings. The molecule has 2 amide bonds. The normalized spacial score (nSPS) is 19.5. The number of nitrogens with one attached hydrogen (secondary N) is 2. The van der Waals surface area contributed by atoms with Gasteiger partial charge in [-0.15, -0.1) is 0 Å². The molecule has 6 heteroatoms. The quantitative estimate of drug-likeness (QED) is 0.718. The Kier molecular flexibility index (Phi) is 5.56. The number of hydrogen-bond acceptors (Lipinski definition) is 2. The average Bonchev–Trinajstić information content (AvgIpc) is 2.42. The third-order valence-corrected chi connectivity index (χ3v) is 4.49. The lowest BCUT2D eigenvalue weighted by Gasteiger charge is -2.43. The van der Waals surface area contributed by atoms with Gasteiger partial charge in [-0.1, -0.05) is 23.7 Å². The van der Waals surface area contributed by atoms with Crippen LogP contribution in [0.15, 0.2) is 24.3 Å². The molecule has 0 bridgehead atoms. The van der Waals surface area contributed by atoms with E-state index in [1.165, 1.54) is 0 Å². The standard InChI is InChI=1S/C18H26ClN3O2/c1-17(2)9-14(10-18(3,4)22-17)21-16(24)15(23)20-11-12-5-7-13(19)8-6-12/h5-8,14,22H,9-11H2,1-4H3,(H,20,23)(H,21,24)/p+1. The highest BCUT2D eigenvalue weighted by Crippen LogP contribution is 2.21. The van der Waals surface area contributed by atoms with Crippen molar-refractivity contribution < 1.29 is 14.9 Å². The molecule has 0 aromatic heterocycles. The van der Waals surface area contributed by atoms with E-state index in [0.29, 0.717) is 11.6 Å². The van der Waals surface area contributed by atoms with Crippen LogP contribution >= 0.6 is 11.6 Å². The zero-order valence-electron chi connectivity index (χ0n) is 14.8. The summed E-state index contributed by atoms with van der Waals surface area (Å²) in [5, 5.41) is 8.51. The van der Waals surface area contributed by atoms with Crippen LogP contribution in [0.25, 0.3) is 0 Å². The van der Waals surface area contributed by atoms with E-state index in [1.54, 1.807) is 12.1 Å². The van der Waals surface area contributed by atoms with Crippen LogP contribution in [0.3, 0.4) is 0 Å². The van der Waals surface area contributed by atoms with Gasteiger partial charge in [-0.2, -0.15) is 0 Å². The number of benzene rings is 1. The SMILES string of the molecule is CC1(C)CC(NC(=O)C(=O)NCc2ccc(Cl)cc2)CC(C)(C)[NH2+]1. The molecule has 1 heterocycles. The summed E-state index contributed by atoms with van der Waals surface area (Å²) in [5.74, 6) is -1.17. The molecule has 1 aromatic rings. The molecule has 1 saturated heterocycles. The first-order valence-corrected chi connectivity index (χ1v) is 8.64. The average molecular weight is 353 g/mol. The van der Waals surface area contributed by atoms with Gasteiger partial charge in [0.05, 0.1) is 11.1 Å². The molecule has 0 spiro atoms. The van der Waals surface area contributed by atoms with Crippen LogP contribution in [-0.4, -0.2) is 28.9 Å². The first-order valence-electron chi connectivity index (χ1n) is 8.27. The lowest BCUT2D eigenvalue weighted by Crippen LogP contribution is -3.06. The maximum atomic E-state index is 12.2. The van der Waals surface area contributed by atoms with Crippen LogP contribution in [0.4, 0.5) is 0 Å². The number of rotatable bonds is 3. The molecule has 5 nitrogen and oxygen atoms in total. The van der Waals surface area contributed by atoms with E-state index < -0.39 is 11.8 Å². The van der Waals surface area contributed by atoms with Gasteiger partial charge in [0.1, 0.15) is 0 Å². The Morgan fingerprint density at radius 2 is 1.62 bits per heavy atom. The van der Waals surface area contributed by atoms with Crippen LogP contribution in [0.1, 0.15) is 46.1 Å². The predicted octanol–water partition coefficient (Wildman–Crippen LogP) is 1.36. The summed E-state index contributed by atoms with van der Waals surface area (Å²) in [5.41, 5.74) is 0.981. The van der Waals surface area contributed by atoms with E-state index in [2.05, 4.69) is 43.6 Å². The Bertz CT molecular complexity index is 595. The molecule has 1 aromatic carbocycles. The van der Waals surface area contributed by atoms with Crippen molar-refractivity contribution in [2.75, 3.05) is 0 Å². The monoisotopic (exact) mass is 352 g/mol. The van der Waals surface area contributed by atoms with Crippen LogP contribution < -0.4 is 16.0 Å². The first-order chi connectivity index (χ1) is 11.1. The number of nitrogens with two attached hydrogens (primary N) is 1. The van der Waals surface area contributed by atoms with Crippen LogP contribution in [-0.2, 0) is 16.1 Å². The molecule has 0 saturated carbocycles. The molecule has 24 heavy (non-hydrogen) atoms. The molecule has 4 N–H and O–H groups in total. The van der Waals surface area contributed by atoms with Gasteiger partial charge in [-0.3, -0.25) is 9.59 Å². The van der Waals surface area contributed by atoms with Crippen LogP contribution in [0, 0.1) is 0 Å². The third-order valence-electron chi connectivity index (χ3n) is 4.23. The second-order valence-electron chi connectivity index (χ2n) is 8.01. The van der Waals surface area contributed by atoms with Gasteiger partial charge in [0.15, 0.2) is 0 Å². The van der Waals surface area contributed by atoms with Gasteiger partial charge in [0.25, 0.3) is 0 Å². The van der Waals surface area contributed by atoms with Crippen molar-refractivity contribution in [1.82, 2.24) is 10.6 Å². The van der Waals surface area contributed by atoms with E-state index in [0.717, 1.165) is 18.4 Å². The Hall–Kier alpha value is -1.59. The molecule has 1 aliphatic rings. The summed E-state index contributed by atoms with van der Waals surface area (Å²) in [4.78, 5) is 24.2. The minimum absolute atomic E-state index is 0.00813. The first kappa shape index (κ1) is 18.7. The van der Waals surface area contributed by atoms with Gasteiger partial charge >= 0.3 is 11.8 Å². The van der Waals surface area contributed by atoms with E-state index in [4.69, 9.17) is 11.6 Å². The Balaban J connectivity index is 1.87. The van der Waals surface area contributed by atoms with Crippen LogP contribution in [0.5, 0.6) is 0 Å². The number of hydrogen-bond donors (Lipinski definition) is 3. The topological polar surface area (TPSA) is 74.8 Å². The largest absolute Gasteiger partial charge is 0.345 e. The number of carbonyl (C=O) groups is 2. The van der Waals surface area contributed by atoms with Crippen molar-refractivity contribution in [2.45, 2.75) is 64.2 Å². The molecule has 0 aliphatic carbocycles. The van der Waals surface area contributed by atoms with E-state index in [1.807, 2.05) is 12.1 Å². The predicted molar refractivity (Wildman–Crippen MR) is 94.5 cm³/mol. The highest BCUT2D eigenvalue weighted by atomic mass is 35.5. The van der Waals surface area contributed by atoms with Crippen molar-refractivity contribution in [3.05, 3.63) is 34.9 Å². The fourth-order valence-corrected chi connectivity index (χ4v) is 3.86. The maximum Gasteiger partial charge on any atom is 0.309 e. The smallest absolute Gasteiger partial charge is 0.309 e. The number of quaternary nitrogens is 1. The summed E-state index contributed by atoms with van der Waals surface area (Å²) >= 11 is 5.83. The van der Waals surface area contributed by atoms with Crippen molar-refractivity contribution >= 4 is 23.4 Å². The summed E-state index contributed by atoms with van der Waals surface area (Å²) in [6.07, 6.45) is 1.68. The highest BCUT2D eigenvalue weighted by molar-refractivity contribution is 6.35. The van der Waals surface area contributed by atoms with Crippen molar-refractivity contribution in [3.63, 3.8) is 0 Å². The van der Waals surface area contributed by atoms with Gasteiger partial charge in [-0.25, -0.2) is 0 Å². The lowest BCUT2D eigenvalue weighted by atomic mass is 9.79. The summed E-state index contributed by atoms with van der Waals surface area (Å²) in [6, 6.07) is 7.16. The second kappa shape index (κ2) is 7.11. The minimum Gasteiger partial charge on any atom is -0.345 e. The zero-order chi connectivity index (χ0) is 18.0. The lowest BCUT2D eigenvalue weighted by molar-refractivity contribution is -0.787. The van der Waals surface area contributed by atoms with Crippen molar-refractivity contribution in [3.8, 4) is 0 Å². The molecular weight excluding hydrogens is 326 g/mol. The molecule has 0 unspecified atom stereocenters. The number of carbonyl (C=O) groups excluding carboxylic acids is 2. The van der Waals surface area contributed by atoms with Crippen LogP contribution in [0.2, 0.25) is 5.02 Å². The molecular formula is C18H27ClN3O2+. The molecule has 0 atom stereocenters. The van der Waals surface area contributed by atoms with Gasteiger partial charge in [0, 0.05) is 30.5 Å². The molecule has 2 rings (SSSR count). The fourth-order valence-electron chi connectivity index (χ4n) is 3.74. The molecule has 132 valence electrons. The van der Waals surface area contributed by atoms with Gasteiger partial charge in [-0.05, 0) is 45.4 Å².